The average molecular weight is 352 g/mol. The molecule has 0 radical (unpaired) electrons. The molecule has 2 atom stereocenters. The molecule has 1 N–H and O–H groups in total. The van der Waals surface area contributed by atoms with Crippen LogP contribution in [0.4, 0.5) is 5.69 Å². The summed E-state index contributed by atoms with van der Waals surface area (Å²) in [6.45, 7) is 7.38. The van der Waals surface area contributed by atoms with Gasteiger partial charge < -0.3 is 14.9 Å². The van der Waals surface area contributed by atoms with Gasteiger partial charge in [-0.2, -0.15) is 0 Å². The monoisotopic (exact) mass is 352 g/mol. The van der Waals surface area contributed by atoms with E-state index in [0.717, 1.165) is 5.69 Å². The standard InChI is InChI=1S/C21H24N2O3/c1-14-8-10-17(11-9-14)23-15(2)12-22(13-16(23)3)20(24)18-6-4-5-7-19(18)21(25)26/h4-11,15-16H,12-13H2,1-3H3,(H,25,26). The van der Waals surface area contributed by atoms with E-state index in [4.69, 9.17) is 0 Å². The van der Waals surface area contributed by atoms with Crippen LogP contribution in [0.25, 0.3) is 0 Å². The third-order valence-corrected chi connectivity index (χ3v) is 4.93. The lowest BCUT2D eigenvalue weighted by Crippen LogP contribution is -2.58. The SMILES string of the molecule is Cc1ccc(N2C(C)CN(C(=O)c3ccccc3C(=O)O)CC2C)cc1. The first-order valence-corrected chi connectivity index (χ1v) is 8.85. The van der Waals surface area contributed by atoms with Gasteiger partial charge in [-0.05, 0) is 45.0 Å². The third-order valence-electron chi connectivity index (χ3n) is 4.93. The van der Waals surface area contributed by atoms with Crippen LogP contribution < -0.4 is 4.90 Å². The predicted octanol–water partition coefficient (Wildman–Crippen LogP) is 3.43. The Labute approximate surface area is 153 Å². The van der Waals surface area contributed by atoms with E-state index >= 15 is 0 Å². The fourth-order valence-electron chi connectivity index (χ4n) is 3.74. The minimum Gasteiger partial charge on any atom is -0.478 e. The van der Waals surface area contributed by atoms with Gasteiger partial charge in [0.1, 0.15) is 0 Å². The summed E-state index contributed by atoms with van der Waals surface area (Å²) in [6, 6.07) is 15.1. The molecule has 5 nitrogen and oxygen atoms in total. The molecule has 0 bridgehead atoms. The smallest absolute Gasteiger partial charge is 0.336 e. The summed E-state index contributed by atoms with van der Waals surface area (Å²) >= 11 is 0. The van der Waals surface area contributed by atoms with Crippen molar-refractivity contribution in [3.8, 4) is 0 Å². The first-order valence-electron chi connectivity index (χ1n) is 8.85. The maximum absolute atomic E-state index is 12.9. The highest BCUT2D eigenvalue weighted by Gasteiger charge is 2.33. The summed E-state index contributed by atoms with van der Waals surface area (Å²) in [4.78, 5) is 28.5. The molecule has 2 aromatic rings. The van der Waals surface area contributed by atoms with E-state index in [1.54, 1.807) is 23.1 Å². The molecule has 136 valence electrons. The lowest BCUT2D eigenvalue weighted by Gasteiger charge is -2.46. The second-order valence-corrected chi connectivity index (χ2v) is 7.00. The quantitative estimate of drug-likeness (QED) is 0.919. The second-order valence-electron chi connectivity index (χ2n) is 7.00. The summed E-state index contributed by atoms with van der Waals surface area (Å²) < 4.78 is 0. The zero-order valence-electron chi connectivity index (χ0n) is 15.3. The molecule has 1 heterocycles. The Morgan fingerprint density at radius 1 is 0.923 bits per heavy atom. The lowest BCUT2D eigenvalue weighted by molar-refractivity contribution is 0.0657. The largest absolute Gasteiger partial charge is 0.478 e. The summed E-state index contributed by atoms with van der Waals surface area (Å²) in [5, 5.41) is 9.35. The number of nitrogens with zero attached hydrogens (tertiary/aromatic N) is 2. The van der Waals surface area contributed by atoms with Gasteiger partial charge in [0.2, 0.25) is 0 Å². The van der Waals surface area contributed by atoms with Gasteiger partial charge in [0.15, 0.2) is 0 Å². The fourth-order valence-corrected chi connectivity index (χ4v) is 3.74. The van der Waals surface area contributed by atoms with E-state index in [0.29, 0.717) is 13.1 Å². The molecule has 1 aliphatic rings. The van der Waals surface area contributed by atoms with Crippen LogP contribution in [0.5, 0.6) is 0 Å². The maximum atomic E-state index is 12.9. The fraction of sp³-hybridized carbons (Fsp3) is 0.333. The van der Waals surface area contributed by atoms with Crippen molar-refractivity contribution in [3.63, 3.8) is 0 Å². The van der Waals surface area contributed by atoms with E-state index in [9.17, 15) is 14.7 Å². The molecule has 2 unspecified atom stereocenters. The Bertz CT molecular complexity index is 804. The molecule has 5 heteroatoms. The highest BCUT2D eigenvalue weighted by molar-refractivity contribution is 6.04. The van der Waals surface area contributed by atoms with Gasteiger partial charge in [-0.15, -0.1) is 0 Å². The molecule has 0 aliphatic carbocycles. The topological polar surface area (TPSA) is 60.9 Å². The zero-order chi connectivity index (χ0) is 18.8. The van der Waals surface area contributed by atoms with Crippen molar-refractivity contribution in [1.82, 2.24) is 4.90 Å². The average Bonchev–Trinajstić information content (AvgIpc) is 2.62. The minimum absolute atomic E-state index is 0.0544. The summed E-state index contributed by atoms with van der Waals surface area (Å²) in [6.07, 6.45) is 0. The summed E-state index contributed by atoms with van der Waals surface area (Å²) in [5.74, 6) is -1.29. The molecule has 2 aromatic carbocycles. The Morgan fingerprint density at radius 3 is 2.00 bits per heavy atom. The van der Waals surface area contributed by atoms with Gasteiger partial charge in [0.05, 0.1) is 11.1 Å². The van der Waals surface area contributed by atoms with Gasteiger partial charge in [-0.1, -0.05) is 29.8 Å². The highest BCUT2D eigenvalue weighted by atomic mass is 16.4. The Kier molecular flexibility index (Phi) is 4.98. The highest BCUT2D eigenvalue weighted by Crippen LogP contribution is 2.26. The minimum atomic E-state index is -1.08. The lowest BCUT2D eigenvalue weighted by atomic mass is 10.0. The van der Waals surface area contributed by atoms with Crippen LogP contribution in [0.1, 0.15) is 40.1 Å². The number of carbonyl (C=O) groups is 2. The molecule has 1 aliphatic heterocycles. The summed E-state index contributed by atoms with van der Waals surface area (Å²) in [5.41, 5.74) is 2.67. The number of carboxylic acid groups (broad SMARTS) is 1. The third kappa shape index (κ3) is 3.43. The van der Waals surface area contributed by atoms with E-state index in [-0.39, 0.29) is 29.1 Å². The Morgan fingerprint density at radius 2 is 1.46 bits per heavy atom. The Balaban J connectivity index is 1.82. The molecule has 0 spiro atoms. The summed E-state index contributed by atoms with van der Waals surface area (Å²) in [7, 11) is 0. The number of aryl methyl sites for hydroxylation is 1. The van der Waals surface area contributed by atoms with Gasteiger partial charge in [-0.3, -0.25) is 4.79 Å². The van der Waals surface area contributed by atoms with Crippen molar-refractivity contribution < 1.29 is 14.7 Å². The van der Waals surface area contributed by atoms with Crippen LogP contribution in [0.2, 0.25) is 0 Å². The molecule has 26 heavy (non-hydrogen) atoms. The second kappa shape index (κ2) is 7.20. The number of anilines is 1. The van der Waals surface area contributed by atoms with E-state index in [2.05, 4.69) is 49.9 Å². The van der Waals surface area contributed by atoms with Crippen molar-refractivity contribution in [2.45, 2.75) is 32.9 Å². The number of rotatable bonds is 3. The van der Waals surface area contributed by atoms with Crippen molar-refractivity contribution in [1.29, 1.82) is 0 Å². The molecule has 3 rings (SSSR count). The van der Waals surface area contributed by atoms with Crippen molar-refractivity contribution >= 4 is 17.6 Å². The first kappa shape index (κ1) is 18.0. The first-order chi connectivity index (χ1) is 12.4. The number of hydrogen-bond acceptors (Lipinski definition) is 3. The molecule has 1 saturated heterocycles. The Hall–Kier alpha value is -2.82. The molecule has 0 aromatic heterocycles. The molecular formula is C21H24N2O3. The molecule has 1 amide bonds. The number of carboxylic acids is 1. The van der Waals surface area contributed by atoms with Gasteiger partial charge in [0.25, 0.3) is 5.91 Å². The van der Waals surface area contributed by atoms with Gasteiger partial charge in [-0.25, -0.2) is 4.79 Å². The number of hydrogen-bond donors (Lipinski definition) is 1. The van der Waals surface area contributed by atoms with Crippen LogP contribution in [0.3, 0.4) is 0 Å². The molecule has 0 saturated carbocycles. The van der Waals surface area contributed by atoms with Crippen LogP contribution in [0.15, 0.2) is 48.5 Å². The number of aromatic carboxylic acids is 1. The number of piperazine rings is 1. The van der Waals surface area contributed by atoms with Crippen molar-refractivity contribution in [2.75, 3.05) is 18.0 Å². The maximum Gasteiger partial charge on any atom is 0.336 e. The number of benzene rings is 2. The van der Waals surface area contributed by atoms with Gasteiger partial charge in [0, 0.05) is 30.9 Å². The predicted molar refractivity (Wildman–Crippen MR) is 102 cm³/mol. The van der Waals surface area contributed by atoms with Crippen LogP contribution in [-0.4, -0.2) is 47.1 Å². The van der Waals surface area contributed by atoms with Crippen molar-refractivity contribution in [3.05, 3.63) is 65.2 Å². The van der Waals surface area contributed by atoms with E-state index in [1.807, 2.05) is 0 Å². The normalized spacial score (nSPS) is 20.1. The zero-order valence-corrected chi connectivity index (χ0v) is 15.3. The van der Waals surface area contributed by atoms with Crippen LogP contribution in [-0.2, 0) is 0 Å². The van der Waals surface area contributed by atoms with E-state index < -0.39 is 5.97 Å². The molecular weight excluding hydrogens is 328 g/mol. The number of carbonyl (C=O) groups excluding carboxylic acids is 1. The molecule has 1 fully saturated rings. The van der Waals surface area contributed by atoms with Crippen molar-refractivity contribution in [2.24, 2.45) is 0 Å². The van der Waals surface area contributed by atoms with Gasteiger partial charge >= 0.3 is 5.97 Å². The van der Waals surface area contributed by atoms with Crippen LogP contribution in [0, 0.1) is 6.92 Å². The number of amides is 1. The van der Waals surface area contributed by atoms with Crippen LogP contribution >= 0.6 is 0 Å². The van der Waals surface area contributed by atoms with E-state index in [1.165, 1.54) is 11.6 Å².